The van der Waals surface area contributed by atoms with Gasteiger partial charge >= 0.3 is 0 Å². The van der Waals surface area contributed by atoms with Crippen LogP contribution in [0.3, 0.4) is 0 Å². The normalized spacial score (nSPS) is 19.3. The van der Waals surface area contributed by atoms with Gasteiger partial charge < -0.3 is 15.5 Å². The molecule has 1 heterocycles. The number of hydrogen-bond acceptors (Lipinski definition) is 3. The second-order valence-corrected chi connectivity index (χ2v) is 5.96. The Morgan fingerprint density at radius 3 is 2.50 bits per heavy atom. The van der Waals surface area contributed by atoms with Crippen LogP contribution in [0.5, 0.6) is 0 Å². The summed E-state index contributed by atoms with van der Waals surface area (Å²) in [5.74, 6) is 1.08. The Hall–Kier alpha value is -0.610. The highest BCUT2D eigenvalue weighted by molar-refractivity contribution is 5.76. The lowest BCUT2D eigenvalue weighted by Crippen LogP contribution is -2.40. The zero-order chi connectivity index (χ0) is 13.5. The van der Waals surface area contributed by atoms with Crippen molar-refractivity contribution in [1.82, 2.24) is 9.80 Å². The summed E-state index contributed by atoms with van der Waals surface area (Å²) in [6, 6.07) is 0.212. The fourth-order valence-corrected chi connectivity index (χ4v) is 2.61. The molecule has 1 rings (SSSR count). The van der Waals surface area contributed by atoms with Crippen LogP contribution < -0.4 is 5.73 Å². The van der Waals surface area contributed by atoms with Gasteiger partial charge in [0.1, 0.15) is 0 Å². The van der Waals surface area contributed by atoms with Crippen molar-refractivity contribution in [2.45, 2.75) is 45.1 Å². The van der Waals surface area contributed by atoms with Crippen LogP contribution in [-0.4, -0.2) is 55.5 Å². The first-order chi connectivity index (χ1) is 8.49. The maximum absolute atomic E-state index is 12.0. The summed E-state index contributed by atoms with van der Waals surface area (Å²) in [6.07, 6.45) is 4.84. The van der Waals surface area contributed by atoms with Crippen molar-refractivity contribution in [1.29, 1.82) is 0 Å². The lowest BCUT2D eigenvalue weighted by molar-refractivity contribution is -0.132. The van der Waals surface area contributed by atoms with Gasteiger partial charge in [0.15, 0.2) is 0 Å². The number of piperidine rings is 1. The van der Waals surface area contributed by atoms with Crippen molar-refractivity contribution in [2.75, 3.05) is 33.7 Å². The highest BCUT2D eigenvalue weighted by Crippen LogP contribution is 2.18. The Morgan fingerprint density at radius 1 is 1.39 bits per heavy atom. The fraction of sp³-hybridized carbons (Fsp3) is 0.929. The smallest absolute Gasteiger partial charge is 0.222 e. The molecule has 1 aliphatic heterocycles. The van der Waals surface area contributed by atoms with Gasteiger partial charge in [0.2, 0.25) is 5.91 Å². The monoisotopic (exact) mass is 255 g/mol. The minimum absolute atomic E-state index is 0.212. The predicted molar refractivity (Wildman–Crippen MR) is 75.4 cm³/mol. The van der Waals surface area contributed by atoms with Gasteiger partial charge in [-0.1, -0.05) is 0 Å². The lowest BCUT2D eigenvalue weighted by Gasteiger charge is -2.33. The van der Waals surface area contributed by atoms with E-state index in [1.165, 1.54) is 0 Å². The Labute approximate surface area is 111 Å². The first-order valence-electron chi connectivity index (χ1n) is 7.17. The molecule has 0 saturated carbocycles. The second kappa shape index (κ2) is 7.74. The molecular weight excluding hydrogens is 226 g/mol. The van der Waals surface area contributed by atoms with Crippen molar-refractivity contribution >= 4 is 5.91 Å². The van der Waals surface area contributed by atoms with Gasteiger partial charge in [-0.05, 0) is 52.6 Å². The predicted octanol–water partition coefficient (Wildman–Crippen LogP) is 1.30. The van der Waals surface area contributed by atoms with Crippen LogP contribution in [0.2, 0.25) is 0 Å². The Kier molecular flexibility index (Phi) is 6.65. The molecule has 1 atom stereocenters. The molecule has 1 aliphatic rings. The number of nitrogens with zero attached hydrogens (tertiary/aromatic N) is 2. The molecule has 0 radical (unpaired) electrons. The van der Waals surface area contributed by atoms with E-state index in [0.717, 1.165) is 51.2 Å². The summed E-state index contributed by atoms with van der Waals surface area (Å²) in [5.41, 5.74) is 5.69. The summed E-state index contributed by atoms with van der Waals surface area (Å²) in [7, 11) is 4.23. The van der Waals surface area contributed by atoms with E-state index >= 15 is 0 Å². The lowest BCUT2D eigenvalue weighted by atomic mass is 9.96. The average Bonchev–Trinajstić information content (AvgIpc) is 2.28. The van der Waals surface area contributed by atoms with Gasteiger partial charge in [0.05, 0.1) is 0 Å². The molecule has 0 aromatic rings. The number of likely N-dealkylation sites (tertiary alicyclic amines) is 1. The Balaban J connectivity index is 2.19. The number of amides is 1. The van der Waals surface area contributed by atoms with E-state index < -0.39 is 0 Å². The van der Waals surface area contributed by atoms with Crippen LogP contribution in [0.25, 0.3) is 0 Å². The van der Waals surface area contributed by atoms with Gasteiger partial charge in [-0.3, -0.25) is 4.79 Å². The van der Waals surface area contributed by atoms with Crippen molar-refractivity contribution < 1.29 is 4.79 Å². The molecule has 1 amide bonds. The van der Waals surface area contributed by atoms with Crippen LogP contribution in [0, 0.1) is 5.92 Å². The molecule has 1 unspecified atom stereocenters. The molecule has 1 saturated heterocycles. The van der Waals surface area contributed by atoms with Gasteiger partial charge in [-0.2, -0.15) is 0 Å². The summed E-state index contributed by atoms with van der Waals surface area (Å²) < 4.78 is 0. The minimum Gasteiger partial charge on any atom is -0.343 e. The standard InChI is InChI=1S/C14H29N3O/c1-12(15)5-4-6-14(18)17-9-7-13(8-10-17)11-16(2)3/h12-13H,4-11,15H2,1-3H3. The van der Waals surface area contributed by atoms with Crippen LogP contribution in [0.15, 0.2) is 0 Å². The maximum atomic E-state index is 12.0. The van der Waals surface area contributed by atoms with E-state index in [-0.39, 0.29) is 6.04 Å². The van der Waals surface area contributed by atoms with Crippen LogP contribution in [0.1, 0.15) is 39.0 Å². The van der Waals surface area contributed by atoms with Crippen LogP contribution >= 0.6 is 0 Å². The van der Waals surface area contributed by atoms with Crippen molar-refractivity contribution in [3.63, 3.8) is 0 Å². The number of rotatable bonds is 6. The van der Waals surface area contributed by atoms with Crippen molar-refractivity contribution in [3.05, 3.63) is 0 Å². The minimum atomic E-state index is 0.212. The molecule has 0 aliphatic carbocycles. The molecule has 4 nitrogen and oxygen atoms in total. The van der Waals surface area contributed by atoms with E-state index in [1.807, 2.05) is 11.8 Å². The topological polar surface area (TPSA) is 49.6 Å². The third-order valence-corrected chi connectivity index (χ3v) is 3.64. The zero-order valence-corrected chi connectivity index (χ0v) is 12.2. The molecule has 0 spiro atoms. The van der Waals surface area contributed by atoms with Crippen LogP contribution in [-0.2, 0) is 4.79 Å². The SMILES string of the molecule is CC(N)CCCC(=O)N1CCC(CN(C)C)CC1. The van der Waals surface area contributed by atoms with E-state index in [1.54, 1.807) is 0 Å². The highest BCUT2D eigenvalue weighted by atomic mass is 16.2. The highest BCUT2D eigenvalue weighted by Gasteiger charge is 2.22. The number of hydrogen-bond donors (Lipinski definition) is 1. The van der Waals surface area contributed by atoms with Gasteiger partial charge in [-0.15, -0.1) is 0 Å². The quantitative estimate of drug-likeness (QED) is 0.778. The zero-order valence-electron chi connectivity index (χ0n) is 12.2. The van der Waals surface area contributed by atoms with Gasteiger partial charge in [0.25, 0.3) is 0 Å². The molecule has 2 N–H and O–H groups in total. The fourth-order valence-electron chi connectivity index (χ4n) is 2.61. The molecule has 18 heavy (non-hydrogen) atoms. The largest absolute Gasteiger partial charge is 0.343 e. The number of carbonyl (C=O) groups is 1. The molecule has 4 heteroatoms. The Bertz CT molecular complexity index is 245. The number of nitrogens with two attached hydrogens (primary N) is 1. The molecule has 0 bridgehead atoms. The van der Waals surface area contributed by atoms with E-state index in [9.17, 15) is 4.79 Å². The molecule has 1 fully saturated rings. The van der Waals surface area contributed by atoms with Crippen molar-refractivity contribution in [2.24, 2.45) is 11.7 Å². The third-order valence-electron chi connectivity index (χ3n) is 3.64. The number of carbonyl (C=O) groups excluding carboxylic acids is 1. The summed E-state index contributed by atoms with van der Waals surface area (Å²) in [4.78, 5) is 16.3. The van der Waals surface area contributed by atoms with Gasteiger partial charge in [0, 0.05) is 32.1 Å². The van der Waals surface area contributed by atoms with Crippen LogP contribution in [0.4, 0.5) is 0 Å². The molecule has 106 valence electrons. The molecule has 0 aromatic heterocycles. The van der Waals surface area contributed by atoms with E-state index in [0.29, 0.717) is 12.3 Å². The average molecular weight is 255 g/mol. The summed E-state index contributed by atoms with van der Waals surface area (Å²) >= 11 is 0. The molecule has 0 aromatic carbocycles. The Morgan fingerprint density at radius 2 is 2.00 bits per heavy atom. The van der Waals surface area contributed by atoms with E-state index in [4.69, 9.17) is 5.73 Å². The maximum Gasteiger partial charge on any atom is 0.222 e. The first-order valence-corrected chi connectivity index (χ1v) is 7.17. The van der Waals surface area contributed by atoms with E-state index in [2.05, 4.69) is 19.0 Å². The first kappa shape index (κ1) is 15.4. The third kappa shape index (κ3) is 5.83. The second-order valence-electron chi connectivity index (χ2n) is 5.96. The van der Waals surface area contributed by atoms with Crippen molar-refractivity contribution in [3.8, 4) is 0 Å². The van der Waals surface area contributed by atoms with Gasteiger partial charge in [-0.25, -0.2) is 0 Å². The summed E-state index contributed by atoms with van der Waals surface area (Å²) in [6.45, 7) is 5.02. The summed E-state index contributed by atoms with van der Waals surface area (Å²) in [5, 5.41) is 0. The molecular formula is C14H29N3O.